The normalized spacial score (nSPS) is 30.7. The van der Waals surface area contributed by atoms with E-state index in [1.807, 2.05) is 20.8 Å². The number of pyridine rings is 1. The van der Waals surface area contributed by atoms with Gasteiger partial charge in [0.1, 0.15) is 5.69 Å². The van der Waals surface area contributed by atoms with Crippen LogP contribution in [0.1, 0.15) is 44.1 Å². The second kappa shape index (κ2) is 4.78. The van der Waals surface area contributed by atoms with Crippen LogP contribution in [0.25, 0.3) is 0 Å². The second-order valence-corrected chi connectivity index (χ2v) is 6.80. The molecule has 2 bridgehead atoms. The van der Waals surface area contributed by atoms with Crippen molar-refractivity contribution < 1.29 is 19.1 Å². The summed E-state index contributed by atoms with van der Waals surface area (Å²) in [5.74, 6) is -1.40. The van der Waals surface area contributed by atoms with Gasteiger partial charge in [-0.2, -0.15) is 0 Å². The lowest BCUT2D eigenvalue weighted by Crippen LogP contribution is -2.57. The highest BCUT2D eigenvalue weighted by Crippen LogP contribution is 2.65. The molecule has 0 aromatic carbocycles. The molecule has 1 aromatic rings. The van der Waals surface area contributed by atoms with Crippen LogP contribution in [-0.4, -0.2) is 28.4 Å². The molecule has 2 N–H and O–H groups in total. The maximum atomic E-state index is 12.6. The van der Waals surface area contributed by atoms with Gasteiger partial charge in [0.25, 0.3) is 11.8 Å². The van der Waals surface area contributed by atoms with Crippen LogP contribution >= 0.6 is 0 Å². The van der Waals surface area contributed by atoms with E-state index in [1.165, 1.54) is 12.3 Å². The average molecular weight is 317 g/mol. The van der Waals surface area contributed by atoms with Gasteiger partial charge >= 0.3 is 5.97 Å². The topological polar surface area (TPSA) is 97.4 Å². The Kier molecular flexibility index (Phi) is 3.21. The van der Waals surface area contributed by atoms with Crippen molar-refractivity contribution in [3.8, 4) is 0 Å². The summed E-state index contributed by atoms with van der Waals surface area (Å²) in [6, 6.07) is 4.90. The van der Waals surface area contributed by atoms with Crippen LogP contribution in [0.3, 0.4) is 0 Å². The van der Waals surface area contributed by atoms with Gasteiger partial charge in [-0.25, -0.2) is 0 Å². The summed E-state index contributed by atoms with van der Waals surface area (Å²) in [6.07, 6.45) is 2.51. The Morgan fingerprint density at radius 1 is 1.17 bits per heavy atom. The molecule has 2 unspecified atom stereocenters. The van der Waals surface area contributed by atoms with E-state index in [4.69, 9.17) is 4.74 Å². The Morgan fingerprint density at radius 3 is 2.43 bits per heavy atom. The molecule has 2 fully saturated rings. The third-order valence-electron chi connectivity index (χ3n) is 5.64. The number of amides is 2. The van der Waals surface area contributed by atoms with E-state index >= 15 is 0 Å². The lowest BCUT2D eigenvalue weighted by Gasteiger charge is -2.35. The molecule has 2 aliphatic rings. The van der Waals surface area contributed by atoms with Crippen LogP contribution in [0, 0.1) is 10.8 Å². The van der Waals surface area contributed by atoms with Crippen molar-refractivity contribution >= 4 is 17.8 Å². The van der Waals surface area contributed by atoms with Gasteiger partial charge < -0.3 is 4.74 Å². The zero-order chi connectivity index (χ0) is 16.9. The zero-order valence-corrected chi connectivity index (χ0v) is 13.3. The molecule has 2 amide bonds. The minimum Gasteiger partial charge on any atom is -0.448 e. The molecule has 0 spiro atoms. The highest BCUT2D eigenvalue weighted by atomic mass is 16.6. The van der Waals surface area contributed by atoms with Crippen LogP contribution in [0.15, 0.2) is 24.4 Å². The number of esters is 1. The van der Waals surface area contributed by atoms with Crippen molar-refractivity contribution in [2.24, 2.45) is 10.8 Å². The molecule has 1 aliphatic heterocycles. The molecule has 3 rings (SSSR count). The SMILES string of the molecule is CC12CCC(C(=O)NNC(=O)c3ccccn3)(OC1=O)C2(C)C. The number of nitrogens with one attached hydrogen (secondary N) is 2. The molecule has 1 saturated carbocycles. The Bertz CT molecular complexity index is 688. The third-order valence-corrected chi connectivity index (χ3v) is 5.64. The quantitative estimate of drug-likeness (QED) is 0.625. The summed E-state index contributed by atoms with van der Waals surface area (Å²) in [5, 5.41) is 0. The Labute approximate surface area is 133 Å². The van der Waals surface area contributed by atoms with Crippen LogP contribution in [0.2, 0.25) is 0 Å². The number of hydrogen-bond acceptors (Lipinski definition) is 5. The van der Waals surface area contributed by atoms with E-state index in [-0.39, 0.29) is 11.7 Å². The van der Waals surface area contributed by atoms with Gasteiger partial charge in [-0.1, -0.05) is 19.9 Å². The number of hydrogen-bond donors (Lipinski definition) is 2. The fourth-order valence-electron chi connectivity index (χ4n) is 3.52. The van der Waals surface area contributed by atoms with Crippen LogP contribution < -0.4 is 10.9 Å². The maximum absolute atomic E-state index is 12.6. The third kappa shape index (κ3) is 1.89. The lowest BCUT2D eigenvalue weighted by atomic mass is 9.66. The number of aromatic nitrogens is 1. The molecule has 0 radical (unpaired) electrons. The van der Waals surface area contributed by atoms with Gasteiger partial charge in [0.15, 0.2) is 5.60 Å². The summed E-state index contributed by atoms with van der Waals surface area (Å²) in [5.41, 5.74) is 2.29. The molecular weight excluding hydrogens is 298 g/mol. The van der Waals surface area contributed by atoms with Gasteiger partial charge in [-0.05, 0) is 31.9 Å². The van der Waals surface area contributed by atoms with E-state index < -0.39 is 28.2 Å². The predicted octanol–water partition coefficient (Wildman–Crippen LogP) is 0.964. The number of fused-ring (bicyclic) bond motifs is 2. The zero-order valence-electron chi connectivity index (χ0n) is 13.3. The molecule has 2 atom stereocenters. The van der Waals surface area contributed by atoms with E-state index in [1.54, 1.807) is 12.1 Å². The van der Waals surface area contributed by atoms with Gasteiger partial charge in [-0.15, -0.1) is 0 Å². The first kappa shape index (κ1) is 15.5. The minimum atomic E-state index is -1.25. The molecule has 23 heavy (non-hydrogen) atoms. The van der Waals surface area contributed by atoms with Crippen LogP contribution in [0.5, 0.6) is 0 Å². The molecular formula is C16H19N3O4. The number of carbonyl (C=O) groups excluding carboxylic acids is 3. The summed E-state index contributed by atoms with van der Waals surface area (Å²) in [6.45, 7) is 5.53. The fourth-order valence-corrected chi connectivity index (χ4v) is 3.52. The number of rotatable bonds is 2. The molecule has 122 valence electrons. The van der Waals surface area contributed by atoms with E-state index in [0.717, 1.165) is 0 Å². The van der Waals surface area contributed by atoms with Gasteiger partial charge in [0.05, 0.1) is 5.41 Å². The van der Waals surface area contributed by atoms with Crippen LogP contribution in [0.4, 0.5) is 0 Å². The molecule has 7 nitrogen and oxygen atoms in total. The number of nitrogens with zero attached hydrogens (tertiary/aromatic N) is 1. The van der Waals surface area contributed by atoms with Gasteiger partial charge in [0.2, 0.25) is 0 Å². The smallest absolute Gasteiger partial charge is 0.313 e. The standard InChI is InChI=1S/C16H19N3O4/c1-14(2)15(3)7-8-16(14,23-13(15)22)12(21)19-18-11(20)10-6-4-5-9-17-10/h4-6,9H,7-8H2,1-3H3,(H,18,20)(H,19,21). The summed E-state index contributed by atoms with van der Waals surface area (Å²) in [7, 11) is 0. The van der Waals surface area contributed by atoms with Gasteiger partial charge in [0, 0.05) is 11.6 Å². The number of carbonyl (C=O) groups is 3. The number of ether oxygens (including phenoxy) is 1. The average Bonchev–Trinajstić information content (AvgIpc) is 2.83. The van der Waals surface area contributed by atoms with E-state index in [0.29, 0.717) is 12.8 Å². The summed E-state index contributed by atoms with van der Waals surface area (Å²) in [4.78, 5) is 40.6. The van der Waals surface area contributed by atoms with Crippen molar-refractivity contribution in [2.45, 2.75) is 39.2 Å². The van der Waals surface area contributed by atoms with Crippen LogP contribution in [-0.2, 0) is 14.3 Å². The van der Waals surface area contributed by atoms with E-state index in [9.17, 15) is 14.4 Å². The first-order valence-electron chi connectivity index (χ1n) is 7.50. The maximum Gasteiger partial charge on any atom is 0.313 e. The highest BCUT2D eigenvalue weighted by Gasteiger charge is 2.75. The van der Waals surface area contributed by atoms with E-state index in [2.05, 4.69) is 15.8 Å². The summed E-state index contributed by atoms with van der Waals surface area (Å²) >= 11 is 0. The Balaban J connectivity index is 1.74. The predicted molar refractivity (Wildman–Crippen MR) is 79.8 cm³/mol. The van der Waals surface area contributed by atoms with Crippen molar-refractivity contribution in [1.82, 2.24) is 15.8 Å². The highest BCUT2D eigenvalue weighted by molar-refractivity contribution is 5.98. The molecule has 1 aliphatic carbocycles. The molecule has 2 heterocycles. The first-order valence-corrected chi connectivity index (χ1v) is 7.50. The second-order valence-electron chi connectivity index (χ2n) is 6.80. The Morgan fingerprint density at radius 2 is 1.91 bits per heavy atom. The largest absolute Gasteiger partial charge is 0.448 e. The van der Waals surface area contributed by atoms with Crippen molar-refractivity contribution in [3.05, 3.63) is 30.1 Å². The lowest BCUT2D eigenvalue weighted by molar-refractivity contribution is -0.168. The fraction of sp³-hybridized carbons (Fsp3) is 0.500. The molecule has 1 saturated heterocycles. The molecule has 1 aromatic heterocycles. The van der Waals surface area contributed by atoms with Crippen molar-refractivity contribution in [2.75, 3.05) is 0 Å². The Hall–Kier alpha value is -2.44. The summed E-state index contributed by atoms with van der Waals surface area (Å²) < 4.78 is 5.45. The minimum absolute atomic E-state index is 0.184. The monoisotopic (exact) mass is 317 g/mol. The van der Waals surface area contributed by atoms with Crippen molar-refractivity contribution in [3.63, 3.8) is 0 Å². The molecule has 7 heteroatoms. The van der Waals surface area contributed by atoms with Crippen molar-refractivity contribution in [1.29, 1.82) is 0 Å². The first-order chi connectivity index (χ1) is 10.7. The van der Waals surface area contributed by atoms with Gasteiger partial charge in [-0.3, -0.25) is 30.2 Å². The number of hydrazine groups is 1.